The topological polar surface area (TPSA) is 32.3 Å². The van der Waals surface area contributed by atoms with Gasteiger partial charge in [0.05, 0.1) is 0 Å². The molecule has 1 saturated heterocycles. The molecule has 0 unspecified atom stereocenters. The number of hydrogen-bond donors (Lipinski definition) is 1. The van der Waals surface area contributed by atoms with Gasteiger partial charge in [-0.1, -0.05) is 45.2 Å². The van der Waals surface area contributed by atoms with Crippen molar-refractivity contribution in [3.05, 3.63) is 35.4 Å². The summed E-state index contributed by atoms with van der Waals surface area (Å²) < 4.78 is 0. The van der Waals surface area contributed by atoms with E-state index in [1.54, 1.807) is 0 Å². The molecule has 1 aromatic rings. The summed E-state index contributed by atoms with van der Waals surface area (Å²) in [7, 11) is 0. The lowest BCUT2D eigenvalue weighted by Gasteiger charge is -2.16. The summed E-state index contributed by atoms with van der Waals surface area (Å²) in [5.74, 6) is 0.668. The molecule has 23 heavy (non-hydrogen) atoms. The Morgan fingerprint density at radius 1 is 1.17 bits per heavy atom. The molecule has 1 aliphatic rings. The third kappa shape index (κ3) is 5.98. The van der Waals surface area contributed by atoms with Crippen molar-refractivity contribution in [3.8, 4) is 0 Å². The molecule has 3 heteroatoms. The van der Waals surface area contributed by atoms with E-state index in [0.717, 1.165) is 25.1 Å². The average Bonchev–Trinajstić information content (AvgIpc) is 3.08. The number of hydrogen-bond acceptors (Lipinski definition) is 2. The van der Waals surface area contributed by atoms with Gasteiger partial charge in [0, 0.05) is 18.7 Å². The first-order chi connectivity index (χ1) is 11.2. The lowest BCUT2D eigenvalue weighted by Crippen LogP contribution is -2.29. The molecule has 0 bridgehead atoms. The number of nitrogens with zero attached hydrogens (tertiary/aromatic N) is 1. The van der Waals surface area contributed by atoms with Crippen LogP contribution in [0.3, 0.4) is 0 Å². The van der Waals surface area contributed by atoms with Crippen LogP contribution in [0, 0.1) is 5.92 Å². The van der Waals surface area contributed by atoms with E-state index in [9.17, 15) is 4.79 Å². The maximum absolute atomic E-state index is 12.3. The fourth-order valence-corrected chi connectivity index (χ4v) is 3.24. The van der Waals surface area contributed by atoms with Gasteiger partial charge in [-0.05, 0) is 56.0 Å². The Morgan fingerprint density at radius 2 is 1.87 bits per heavy atom. The normalized spacial score (nSPS) is 16.4. The van der Waals surface area contributed by atoms with Crippen molar-refractivity contribution < 1.29 is 4.79 Å². The van der Waals surface area contributed by atoms with Crippen LogP contribution in [0.5, 0.6) is 0 Å². The van der Waals surface area contributed by atoms with Crippen molar-refractivity contribution in [1.82, 2.24) is 10.2 Å². The fourth-order valence-electron chi connectivity index (χ4n) is 3.24. The minimum atomic E-state index is 0.0627. The molecule has 1 fully saturated rings. The standard InChI is InChI=1S/C20H32N2O/c1-3-5-8-17(4-2)15-21-20(23)19-11-9-18(10-12-19)16-22-13-6-7-14-22/h9-12,17H,3-8,13-16H2,1-2H3,(H,21,23)/t17-/m0/s1. The smallest absolute Gasteiger partial charge is 0.251 e. The highest BCUT2D eigenvalue weighted by Gasteiger charge is 2.13. The van der Waals surface area contributed by atoms with Crippen molar-refractivity contribution in [1.29, 1.82) is 0 Å². The molecule has 3 nitrogen and oxygen atoms in total. The van der Waals surface area contributed by atoms with Gasteiger partial charge in [0.1, 0.15) is 0 Å². The van der Waals surface area contributed by atoms with Gasteiger partial charge in [-0.3, -0.25) is 9.69 Å². The second-order valence-corrected chi connectivity index (χ2v) is 6.81. The second kappa shape index (κ2) is 9.71. The molecular weight excluding hydrogens is 284 g/mol. The molecule has 1 aliphatic heterocycles. The summed E-state index contributed by atoms with van der Waals surface area (Å²) in [5.41, 5.74) is 2.08. The Hall–Kier alpha value is -1.35. The van der Waals surface area contributed by atoms with Crippen molar-refractivity contribution >= 4 is 5.91 Å². The molecule has 1 amide bonds. The minimum Gasteiger partial charge on any atom is -0.352 e. The summed E-state index contributed by atoms with van der Waals surface area (Å²) in [5, 5.41) is 3.10. The summed E-state index contributed by atoms with van der Waals surface area (Å²) in [6.07, 6.45) is 7.45. The molecule has 0 aromatic heterocycles. The molecule has 0 aliphatic carbocycles. The fraction of sp³-hybridized carbons (Fsp3) is 0.650. The zero-order valence-electron chi connectivity index (χ0n) is 14.8. The van der Waals surface area contributed by atoms with E-state index < -0.39 is 0 Å². The molecule has 0 saturated carbocycles. The highest BCUT2D eigenvalue weighted by molar-refractivity contribution is 5.94. The van der Waals surface area contributed by atoms with Crippen LogP contribution in [-0.2, 0) is 6.54 Å². The Kier molecular flexibility index (Phi) is 7.60. The molecule has 0 spiro atoms. The zero-order chi connectivity index (χ0) is 16.5. The van der Waals surface area contributed by atoms with Crippen LogP contribution in [0.15, 0.2) is 24.3 Å². The number of benzene rings is 1. The van der Waals surface area contributed by atoms with Crippen LogP contribution in [0.25, 0.3) is 0 Å². The van der Waals surface area contributed by atoms with Crippen molar-refractivity contribution in [2.75, 3.05) is 19.6 Å². The number of carbonyl (C=O) groups is 1. The van der Waals surface area contributed by atoms with Crippen molar-refractivity contribution in [2.45, 2.75) is 58.9 Å². The van der Waals surface area contributed by atoms with Crippen LogP contribution in [0.4, 0.5) is 0 Å². The van der Waals surface area contributed by atoms with Crippen molar-refractivity contribution in [2.24, 2.45) is 5.92 Å². The van der Waals surface area contributed by atoms with Gasteiger partial charge < -0.3 is 5.32 Å². The molecule has 1 heterocycles. The molecule has 1 atom stereocenters. The summed E-state index contributed by atoms with van der Waals surface area (Å²) >= 11 is 0. The van der Waals surface area contributed by atoms with E-state index in [2.05, 4.69) is 36.2 Å². The third-order valence-electron chi connectivity index (χ3n) is 4.92. The molecule has 0 radical (unpaired) electrons. The summed E-state index contributed by atoms with van der Waals surface area (Å²) in [4.78, 5) is 14.8. The zero-order valence-corrected chi connectivity index (χ0v) is 14.8. The average molecular weight is 316 g/mol. The van der Waals surface area contributed by atoms with E-state index >= 15 is 0 Å². The summed E-state index contributed by atoms with van der Waals surface area (Å²) in [6.45, 7) is 8.65. The number of nitrogens with one attached hydrogen (secondary N) is 1. The quantitative estimate of drug-likeness (QED) is 0.739. The number of likely N-dealkylation sites (tertiary alicyclic amines) is 1. The number of rotatable bonds is 9. The van der Waals surface area contributed by atoms with Crippen LogP contribution in [-0.4, -0.2) is 30.4 Å². The van der Waals surface area contributed by atoms with Crippen LogP contribution < -0.4 is 5.32 Å². The maximum Gasteiger partial charge on any atom is 0.251 e. The van der Waals surface area contributed by atoms with Crippen LogP contribution >= 0.6 is 0 Å². The van der Waals surface area contributed by atoms with Crippen molar-refractivity contribution in [3.63, 3.8) is 0 Å². The third-order valence-corrected chi connectivity index (χ3v) is 4.92. The van der Waals surface area contributed by atoms with E-state index in [1.807, 2.05) is 12.1 Å². The van der Waals surface area contributed by atoms with Crippen LogP contribution in [0.1, 0.15) is 68.3 Å². The Balaban J connectivity index is 1.79. The van der Waals surface area contributed by atoms with E-state index in [1.165, 1.54) is 50.8 Å². The first-order valence-corrected chi connectivity index (χ1v) is 9.32. The molecule has 128 valence electrons. The Bertz CT molecular complexity index is 463. The molecule has 1 aromatic carbocycles. The number of unbranched alkanes of at least 4 members (excludes halogenated alkanes) is 1. The Labute approximate surface area is 141 Å². The van der Waals surface area contributed by atoms with Gasteiger partial charge in [-0.25, -0.2) is 0 Å². The first-order valence-electron chi connectivity index (χ1n) is 9.32. The van der Waals surface area contributed by atoms with Gasteiger partial charge >= 0.3 is 0 Å². The largest absolute Gasteiger partial charge is 0.352 e. The van der Waals surface area contributed by atoms with Gasteiger partial charge in [-0.15, -0.1) is 0 Å². The second-order valence-electron chi connectivity index (χ2n) is 6.81. The van der Waals surface area contributed by atoms with Gasteiger partial charge in [0.25, 0.3) is 5.91 Å². The Morgan fingerprint density at radius 3 is 2.48 bits per heavy atom. The predicted molar refractivity (Wildman–Crippen MR) is 96.6 cm³/mol. The lowest BCUT2D eigenvalue weighted by molar-refractivity contribution is 0.0946. The lowest BCUT2D eigenvalue weighted by atomic mass is 9.99. The molecule has 1 N–H and O–H groups in total. The highest BCUT2D eigenvalue weighted by Crippen LogP contribution is 2.14. The molecular formula is C20H32N2O. The van der Waals surface area contributed by atoms with Crippen LogP contribution in [0.2, 0.25) is 0 Å². The first kappa shape index (κ1) is 18.0. The number of amides is 1. The SMILES string of the molecule is CCCC[C@H](CC)CNC(=O)c1ccc(CN2CCCC2)cc1. The van der Waals surface area contributed by atoms with E-state index in [4.69, 9.17) is 0 Å². The highest BCUT2D eigenvalue weighted by atomic mass is 16.1. The summed E-state index contributed by atoms with van der Waals surface area (Å²) in [6, 6.07) is 8.13. The van der Waals surface area contributed by atoms with Gasteiger partial charge in [0.2, 0.25) is 0 Å². The molecule has 2 rings (SSSR count). The minimum absolute atomic E-state index is 0.0627. The predicted octanol–water partition coefficient (Wildman–Crippen LogP) is 4.23. The van der Waals surface area contributed by atoms with Gasteiger partial charge in [0.15, 0.2) is 0 Å². The maximum atomic E-state index is 12.3. The van der Waals surface area contributed by atoms with E-state index in [0.29, 0.717) is 5.92 Å². The monoisotopic (exact) mass is 316 g/mol. The number of carbonyl (C=O) groups excluding carboxylic acids is 1. The van der Waals surface area contributed by atoms with Gasteiger partial charge in [-0.2, -0.15) is 0 Å². The van der Waals surface area contributed by atoms with E-state index in [-0.39, 0.29) is 5.91 Å².